The summed E-state index contributed by atoms with van der Waals surface area (Å²) in [5.74, 6) is -3.09. The molecule has 224 valence electrons. The van der Waals surface area contributed by atoms with E-state index < -0.39 is 15.9 Å². The highest BCUT2D eigenvalue weighted by molar-refractivity contribution is 7.92. The number of benzene rings is 2. The third-order valence-electron chi connectivity index (χ3n) is 8.78. The van der Waals surface area contributed by atoms with Gasteiger partial charge in [0.25, 0.3) is 11.8 Å². The van der Waals surface area contributed by atoms with E-state index >= 15 is 0 Å². The number of carbonyl (C=O) groups excluding carboxylic acids is 1. The van der Waals surface area contributed by atoms with Crippen molar-refractivity contribution in [1.29, 1.82) is 0 Å². The van der Waals surface area contributed by atoms with Crippen LogP contribution >= 0.6 is 0 Å². The minimum absolute atomic E-state index is 0.0566. The maximum absolute atomic E-state index is 13.9. The van der Waals surface area contributed by atoms with Crippen molar-refractivity contribution in [2.45, 2.75) is 51.4 Å². The van der Waals surface area contributed by atoms with Gasteiger partial charge in [0.2, 0.25) is 10.0 Å². The third-order valence-corrected chi connectivity index (χ3v) is 10.1. The Morgan fingerprint density at radius 2 is 1.43 bits per heavy atom. The first-order valence-electron chi connectivity index (χ1n) is 14.4. The molecule has 1 saturated carbocycles. The Bertz CT molecular complexity index is 1560. The molecule has 0 unspecified atom stereocenters. The number of hydrogen-bond acceptors (Lipinski definition) is 7. The predicted octanol–water partition coefficient (Wildman–Crippen LogP) is 4.90. The first kappa shape index (κ1) is 28.4. The molecule has 2 aliphatic heterocycles. The molecular formula is C29H35F2N7O3S. The number of amides is 1. The standard InChI is InChI=1S/C29H35F2N7O3S/c1-2-42(40,41)35-22-3-5-23(25(18-22)36-13-9-28(7-8-28)10-14-36)27(39)34-21-4-6-24(38-19-32-33-20-38)26(17-21)37-15-11-29(30,31)12-16-37/h3-6,17-20,35H,2,7-16H2,1H3,(H,34,39). The van der Waals surface area contributed by atoms with Crippen molar-refractivity contribution in [3.8, 4) is 5.69 Å². The molecule has 1 aliphatic carbocycles. The second-order valence-electron chi connectivity index (χ2n) is 11.6. The lowest BCUT2D eigenvalue weighted by Crippen LogP contribution is -2.39. The lowest BCUT2D eigenvalue weighted by molar-refractivity contribution is -0.0220. The van der Waals surface area contributed by atoms with Crippen LogP contribution in [0.15, 0.2) is 49.1 Å². The molecule has 3 fully saturated rings. The first-order valence-corrected chi connectivity index (χ1v) is 16.0. The highest BCUT2D eigenvalue weighted by Gasteiger charge is 2.44. The van der Waals surface area contributed by atoms with Gasteiger partial charge in [-0.2, -0.15) is 0 Å². The van der Waals surface area contributed by atoms with Gasteiger partial charge in [0.15, 0.2) is 0 Å². The smallest absolute Gasteiger partial charge is 0.257 e. The summed E-state index contributed by atoms with van der Waals surface area (Å²) in [6.45, 7) is 3.51. The number of aromatic nitrogens is 3. The number of alkyl halides is 2. The van der Waals surface area contributed by atoms with Gasteiger partial charge >= 0.3 is 0 Å². The van der Waals surface area contributed by atoms with Crippen LogP contribution in [0.5, 0.6) is 0 Å². The average molecular weight is 600 g/mol. The van der Waals surface area contributed by atoms with E-state index in [9.17, 15) is 22.0 Å². The van der Waals surface area contributed by atoms with Crippen molar-refractivity contribution >= 4 is 38.7 Å². The fourth-order valence-electron chi connectivity index (χ4n) is 5.87. The van der Waals surface area contributed by atoms with Crippen LogP contribution in [0.25, 0.3) is 5.69 Å². The van der Waals surface area contributed by atoms with Gasteiger partial charge in [-0.25, -0.2) is 17.2 Å². The summed E-state index contributed by atoms with van der Waals surface area (Å²) >= 11 is 0. The van der Waals surface area contributed by atoms with Gasteiger partial charge in [0.1, 0.15) is 12.7 Å². The topological polar surface area (TPSA) is 112 Å². The summed E-state index contributed by atoms with van der Waals surface area (Å²) in [7, 11) is -3.49. The fraction of sp³-hybridized carbons (Fsp3) is 0.483. The lowest BCUT2D eigenvalue weighted by Gasteiger charge is -2.35. The monoisotopic (exact) mass is 599 g/mol. The van der Waals surface area contributed by atoms with Crippen LogP contribution in [-0.4, -0.2) is 66.9 Å². The SMILES string of the molecule is CCS(=O)(=O)Nc1ccc(C(=O)Nc2ccc(-n3cnnc3)c(N3CCC(F)(F)CC3)c2)c(N2CCC3(CC2)CC3)c1. The van der Waals surface area contributed by atoms with Gasteiger partial charge in [0.05, 0.1) is 34.1 Å². The van der Waals surface area contributed by atoms with Gasteiger partial charge < -0.3 is 15.1 Å². The molecule has 42 heavy (non-hydrogen) atoms. The molecule has 3 heterocycles. The van der Waals surface area contributed by atoms with Crippen LogP contribution < -0.4 is 19.8 Å². The van der Waals surface area contributed by atoms with Gasteiger partial charge in [-0.3, -0.25) is 14.1 Å². The normalized spacial score (nSPS) is 19.5. The predicted molar refractivity (Wildman–Crippen MR) is 158 cm³/mol. The highest BCUT2D eigenvalue weighted by atomic mass is 32.2. The minimum Gasteiger partial charge on any atom is -0.371 e. The molecule has 3 aromatic rings. The van der Waals surface area contributed by atoms with E-state index in [1.807, 2.05) is 11.0 Å². The van der Waals surface area contributed by atoms with Gasteiger partial charge in [-0.05, 0) is 74.4 Å². The van der Waals surface area contributed by atoms with Crippen molar-refractivity contribution in [2.75, 3.05) is 51.8 Å². The third kappa shape index (κ3) is 6.06. The number of anilines is 4. The molecule has 2 saturated heterocycles. The maximum atomic E-state index is 13.9. The van der Waals surface area contributed by atoms with Crippen LogP contribution in [0.4, 0.5) is 31.5 Å². The molecule has 1 amide bonds. The molecule has 2 N–H and O–H groups in total. The second kappa shape index (κ2) is 10.8. The van der Waals surface area contributed by atoms with Crippen LogP contribution in [0.3, 0.4) is 0 Å². The number of sulfonamides is 1. The number of piperidine rings is 2. The van der Waals surface area contributed by atoms with Crippen molar-refractivity contribution in [1.82, 2.24) is 14.8 Å². The lowest BCUT2D eigenvalue weighted by atomic mass is 9.93. The fourth-order valence-corrected chi connectivity index (χ4v) is 6.50. The van der Waals surface area contributed by atoms with Crippen LogP contribution in [0.2, 0.25) is 0 Å². The molecule has 10 nitrogen and oxygen atoms in total. The Balaban J connectivity index is 1.29. The summed E-state index contributed by atoms with van der Waals surface area (Å²) in [4.78, 5) is 17.8. The number of nitrogens with zero attached hydrogens (tertiary/aromatic N) is 5. The van der Waals surface area contributed by atoms with Crippen molar-refractivity contribution in [2.24, 2.45) is 5.41 Å². The zero-order valence-corrected chi connectivity index (χ0v) is 24.3. The van der Waals surface area contributed by atoms with E-state index in [4.69, 9.17) is 0 Å². The van der Waals surface area contributed by atoms with Crippen molar-refractivity contribution in [3.05, 3.63) is 54.6 Å². The molecule has 1 aromatic heterocycles. The molecule has 0 bridgehead atoms. The van der Waals surface area contributed by atoms with E-state index in [1.165, 1.54) is 12.8 Å². The summed E-state index contributed by atoms with van der Waals surface area (Å²) < 4.78 is 56.7. The minimum atomic E-state index is -3.49. The van der Waals surface area contributed by atoms with Crippen molar-refractivity contribution in [3.63, 3.8) is 0 Å². The second-order valence-corrected chi connectivity index (χ2v) is 13.6. The summed E-state index contributed by atoms with van der Waals surface area (Å²) in [5, 5.41) is 10.7. The number of carbonyl (C=O) groups is 1. The first-order chi connectivity index (χ1) is 20.1. The van der Waals surface area contributed by atoms with Crippen molar-refractivity contribution < 1.29 is 22.0 Å². The Morgan fingerprint density at radius 3 is 2.07 bits per heavy atom. The Hall–Kier alpha value is -3.74. The molecule has 13 heteroatoms. The largest absolute Gasteiger partial charge is 0.371 e. The average Bonchev–Trinajstić information content (AvgIpc) is 3.48. The summed E-state index contributed by atoms with van der Waals surface area (Å²) in [6.07, 6.45) is 7.16. The Labute approximate surface area is 244 Å². The zero-order valence-electron chi connectivity index (χ0n) is 23.5. The molecule has 0 radical (unpaired) electrons. The molecular weight excluding hydrogens is 564 g/mol. The number of nitrogens with one attached hydrogen (secondary N) is 2. The highest BCUT2D eigenvalue weighted by Crippen LogP contribution is 2.54. The molecule has 6 rings (SSSR count). The zero-order chi connectivity index (χ0) is 29.5. The van der Waals surface area contributed by atoms with E-state index in [1.54, 1.807) is 54.5 Å². The van der Waals surface area contributed by atoms with Gasteiger partial charge in [-0.15, -0.1) is 10.2 Å². The summed E-state index contributed by atoms with van der Waals surface area (Å²) in [6, 6.07) is 10.4. The van der Waals surface area contributed by atoms with Crippen LogP contribution in [0, 0.1) is 5.41 Å². The van der Waals surface area contributed by atoms with Crippen LogP contribution in [-0.2, 0) is 10.0 Å². The quantitative estimate of drug-likeness (QED) is 0.379. The van der Waals surface area contributed by atoms with Gasteiger partial charge in [0, 0.05) is 44.7 Å². The molecule has 1 spiro atoms. The van der Waals surface area contributed by atoms with E-state index in [-0.39, 0.29) is 37.6 Å². The Kier molecular flexibility index (Phi) is 7.32. The number of rotatable bonds is 8. The molecule has 2 aromatic carbocycles. The van der Waals surface area contributed by atoms with E-state index in [0.29, 0.717) is 33.7 Å². The number of hydrogen-bond donors (Lipinski definition) is 2. The summed E-state index contributed by atoms with van der Waals surface area (Å²) in [5.41, 5.74) is 3.89. The Morgan fingerprint density at radius 1 is 0.833 bits per heavy atom. The number of halogens is 2. The molecule has 3 aliphatic rings. The van der Waals surface area contributed by atoms with Crippen LogP contribution in [0.1, 0.15) is 55.8 Å². The van der Waals surface area contributed by atoms with Gasteiger partial charge in [-0.1, -0.05) is 0 Å². The maximum Gasteiger partial charge on any atom is 0.257 e. The molecule has 0 atom stereocenters. The van der Waals surface area contributed by atoms with E-state index in [2.05, 4.69) is 25.1 Å². The van der Waals surface area contributed by atoms with E-state index in [0.717, 1.165) is 31.6 Å².